The lowest BCUT2D eigenvalue weighted by Crippen LogP contribution is -2.31. The van der Waals surface area contributed by atoms with Crippen molar-refractivity contribution in [1.82, 2.24) is 4.90 Å². The van der Waals surface area contributed by atoms with Gasteiger partial charge in [0.25, 0.3) is 11.8 Å². The molecule has 7 heteroatoms. The zero-order valence-electron chi connectivity index (χ0n) is 13.0. The molecule has 0 spiro atoms. The second-order valence-corrected chi connectivity index (χ2v) is 8.06. The summed E-state index contributed by atoms with van der Waals surface area (Å²) in [6.45, 7) is 2.40. The van der Waals surface area contributed by atoms with Gasteiger partial charge >= 0.3 is 0 Å². The van der Waals surface area contributed by atoms with Crippen LogP contribution in [-0.2, 0) is 4.79 Å². The van der Waals surface area contributed by atoms with Gasteiger partial charge in [0.15, 0.2) is 0 Å². The van der Waals surface area contributed by atoms with Crippen LogP contribution in [-0.4, -0.2) is 40.2 Å². The van der Waals surface area contributed by atoms with Crippen LogP contribution in [0.2, 0.25) is 0 Å². The molecule has 5 nitrogen and oxygen atoms in total. The Labute approximate surface area is 143 Å². The molecule has 3 amide bonds. The molecule has 1 atom stereocenters. The first kappa shape index (κ1) is 17.9. The van der Waals surface area contributed by atoms with Gasteiger partial charge in [-0.2, -0.15) is 0 Å². The third kappa shape index (κ3) is 4.29. The van der Waals surface area contributed by atoms with Gasteiger partial charge in [0.1, 0.15) is 0 Å². The van der Waals surface area contributed by atoms with Crippen LogP contribution in [0.15, 0.2) is 24.3 Å². The van der Waals surface area contributed by atoms with Crippen LogP contribution in [0.1, 0.15) is 46.9 Å². The highest BCUT2D eigenvalue weighted by Gasteiger charge is 2.34. The predicted octanol–water partition coefficient (Wildman–Crippen LogP) is 2.71. The molecule has 1 aliphatic heterocycles. The number of imide groups is 1. The molecule has 0 aromatic heterocycles. The van der Waals surface area contributed by atoms with E-state index in [0.717, 1.165) is 12.2 Å². The molecule has 2 rings (SSSR count). The highest BCUT2D eigenvalue weighted by Crippen LogP contribution is 2.29. The van der Waals surface area contributed by atoms with E-state index < -0.39 is 0 Å². The first-order chi connectivity index (χ1) is 11.1. The fourth-order valence-electron chi connectivity index (χ4n) is 2.43. The molecule has 0 saturated carbocycles. The fraction of sp³-hybridized carbons (Fsp3) is 0.438. The first-order valence-corrected chi connectivity index (χ1v) is 9.97. The summed E-state index contributed by atoms with van der Waals surface area (Å²) in [7, 11) is 3.12. The summed E-state index contributed by atoms with van der Waals surface area (Å²) in [5.74, 6) is 0.154. The maximum atomic E-state index is 12.2. The molecule has 1 unspecified atom stereocenters. The lowest BCUT2D eigenvalue weighted by Gasteiger charge is -2.15. The van der Waals surface area contributed by atoms with Crippen molar-refractivity contribution in [3.63, 3.8) is 0 Å². The van der Waals surface area contributed by atoms with Gasteiger partial charge in [-0.3, -0.25) is 19.3 Å². The van der Waals surface area contributed by atoms with Crippen LogP contribution in [0.5, 0.6) is 0 Å². The van der Waals surface area contributed by atoms with E-state index in [-0.39, 0.29) is 23.0 Å². The minimum Gasteiger partial charge on any atom is -0.369 e. The van der Waals surface area contributed by atoms with Gasteiger partial charge in [-0.05, 0) is 25.0 Å². The Morgan fingerprint density at radius 2 is 1.78 bits per heavy atom. The molecule has 0 aliphatic carbocycles. The summed E-state index contributed by atoms with van der Waals surface area (Å²) >= 11 is 0. The van der Waals surface area contributed by atoms with Gasteiger partial charge in [-0.15, -0.1) is 0 Å². The Balaban J connectivity index is 1.82. The van der Waals surface area contributed by atoms with Gasteiger partial charge in [0.2, 0.25) is 5.91 Å². The van der Waals surface area contributed by atoms with E-state index in [2.05, 4.69) is 0 Å². The van der Waals surface area contributed by atoms with E-state index in [0.29, 0.717) is 30.5 Å². The quantitative estimate of drug-likeness (QED) is 0.420. The largest absolute Gasteiger partial charge is 0.369 e. The number of primary amides is 1. The van der Waals surface area contributed by atoms with E-state index in [1.807, 2.05) is 6.92 Å². The summed E-state index contributed by atoms with van der Waals surface area (Å²) in [6.07, 6.45) is 2.08. The molecule has 1 aromatic rings. The van der Waals surface area contributed by atoms with Gasteiger partial charge in [-0.1, -0.05) is 47.1 Å². The Morgan fingerprint density at radius 1 is 1.17 bits per heavy atom. The SMILES string of the molecule is CCSSC(CCCCN1C(=O)c2ccccc2C1=O)C(N)=O. The third-order valence-electron chi connectivity index (χ3n) is 3.60. The van der Waals surface area contributed by atoms with Gasteiger partial charge in [-0.25, -0.2) is 0 Å². The van der Waals surface area contributed by atoms with E-state index in [1.54, 1.807) is 35.1 Å². The second-order valence-electron chi connectivity index (χ2n) is 5.20. The monoisotopic (exact) mass is 352 g/mol. The first-order valence-electron chi connectivity index (χ1n) is 7.59. The van der Waals surface area contributed by atoms with Crippen LogP contribution in [0.3, 0.4) is 0 Å². The Morgan fingerprint density at radius 3 is 2.30 bits per heavy atom. The minimum absolute atomic E-state index is 0.220. The molecule has 1 heterocycles. The molecular formula is C16H20N2O3S2. The number of nitrogens with zero attached hydrogens (tertiary/aromatic N) is 1. The van der Waals surface area contributed by atoms with E-state index in [1.165, 1.54) is 15.7 Å². The summed E-state index contributed by atoms with van der Waals surface area (Å²) in [6, 6.07) is 6.87. The maximum absolute atomic E-state index is 12.2. The Hall–Kier alpha value is -1.47. The van der Waals surface area contributed by atoms with Crippen molar-refractivity contribution in [2.75, 3.05) is 12.3 Å². The number of hydrogen-bond acceptors (Lipinski definition) is 5. The van der Waals surface area contributed by atoms with Crippen molar-refractivity contribution in [2.24, 2.45) is 5.73 Å². The standard InChI is InChI=1S/C16H20N2O3S2/c1-2-22-23-13(14(17)19)9-5-6-10-18-15(20)11-7-3-4-8-12(11)16(18)21/h3-4,7-8,13H,2,5-6,9-10H2,1H3,(H2,17,19). The molecular weight excluding hydrogens is 332 g/mol. The fourth-order valence-corrected chi connectivity index (χ4v) is 4.56. The van der Waals surface area contributed by atoms with Crippen molar-refractivity contribution in [3.05, 3.63) is 35.4 Å². The summed E-state index contributed by atoms with van der Waals surface area (Å²) in [4.78, 5) is 37.1. The molecule has 1 aromatic carbocycles. The molecule has 2 N–H and O–H groups in total. The van der Waals surface area contributed by atoms with Crippen molar-refractivity contribution >= 4 is 39.3 Å². The number of amides is 3. The van der Waals surface area contributed by atoms with Crippen LogP contribution in [0.4, 0.5) is 0 Å². The zero-order chi connectivity index (χ0) is 16.8. The lowest BCUT2D eigenvalue weighted by atomic mass is 10.1. The number of rotatable bonds is 9. The molecule has 0 radical (unpaired) electrons. The van der Waals surface area contributed by atoms with Gasteiger partial charge in [0.05, 0.1) is 16.4 Å². The van der Waals surface area contributed by atoms with E-state index in [9.17, 15) is 14.4 Å². The Bertz CT molecular complexity index is 572. The molecule has 23 heavy (non-hydrogen) atoms. The zero-order valence-corrected chi connectivity index (χ0v) is 14.6. The van der Waals surface area contributed by atoms with Gasteiger partial charge < -0.3 is 5.73 Å². The molecule has 0 saturated heterocycles. The van der Waals surface area contributed by atoms with Crippen LogP contribution >= 0.6 is 21.6 Å². The highest BCUT2D eigenvalue weighted by atomic mass is 33.1. The van der Waals surface area contributed by atoms with Crippen molar-refractivity contribution in [1.29, 1.82) is 0 Å². The average Bonchev–Trinajstić information content (AvgIpc) is 2.79. The van der Waals surface area contributed by atoms with Crippen LogP contribution in [0.25, 0.3) is 0 Å². The molecule has 124 valence electrons. The molecule has 0 fully saturated rings. The summed E-state index contributed by atoms with van der Waals surface area (Å²) < 4.78 is 0. The van der Waals surface area contributed by atoms with Crippen LogP contribution < -0.4 is 5.73 Å². The number of fused-ring (bicyclic) bond motifs is 1. The van der Waals surface area contributed by atoms with Crippen molar-refractivity contribution < 1.29 is 14.4 Å². The number of unbranched alkanes of at least 4 members (excludes halogenated alkanes) is 1. The van der Waals surface area contributed by atoms with Crippen LogP contribution in [0, 0.1) is 0 Å². The van der Waals surface area contributed by atoms with Gasteiger partial charge in [0, 0.05) is 12.3 Å². The number of nitrogens with two attached hydrogens (primary N) is 1. The summed E-state index contributed by atoms with van der Waals surface area (Å²) in [5, 5.41) is -0.220. The van der Waals surface area contributed by atoms with E-state index in [4.69, 9.17) is 5.73 Å². The lowest BCUT2D eigenvalue weighted by molar-refractivity contribution is -0.117. The number of carbonyl (C=O) groups is 3. The average molecular weight is 352 g/mol. The minimum atomic E-state index is -0.309. The predicted molar refractivity (Wildman–Crippen MR) is 94.4 cm³/mol. The van der Waals surface area contributed by atoms with Crippen molar-refractivity contribution in [2.45, 2.75) is 31.4 Å². The maximum Gasteiger partial charge on any atom is 0.261 e. The van der Waals surface area contributed by atoms with Crippen molar-refractivity contribution in [3.8, 4) is 0 Å². The smallest absolute Gasteiger partial charge is 0.261 e. The second kappa shape index (κ2) is 8.40. The molecule has 0 bridgehead atoms. The third-order valence-corrected chi connectivity index (χ3v) is 6.48. The summed E-state index contributed by atoms with van der Waals surface area (Å²) in [5.41, 5.74) is 6.34. The molecule has 1 aliphatic rings. The van der Waals surface area contributed by atoms with E-state index >= 15 is 0 Å². The normalized spacial score (nSPS) is 14.9. The Kier molecular flexibility index (Phi) is 6.53. The number of hydrogen-bond donors (Lipinski definition) is 1. The number of benzene rings is 1. The topological polar surface area (TPSA) is 80.5 Å². The number of carbonyl (C=O) groups excluding carboxylic acids is 3. The highest BCUT2D eigenvalue weighted by molar-refractivity contribution is 8.77.